The van der Waals surface area contributed by atoms with Crippen molar-refractivity contribution in [1.82, 2.24) is 4.90 Å². The Labute approximate surface area is 127 Å². The minimum absolute atomic E-state index is 0.0185. The Kier molecular flexibility index (Phi) is 5.20. The highest BCUT2D eigenvalue weighted by molar-refractivity contribution is 8.03. The smallest absolute Gasteiger partial charge is 0.283 e. The molecule has 0 amide bonds. The molecule has 1 aliphatic rings. The van der Waals surface area contributed by atoms with Gasteiger partial charge in [0.25, 0.3) is 5.69 Å². The Morgan fingerprint density at radius 3 is 2.71 bits per heavy atom. The summed E-state index contributed by atoms with van der Waals surface area (Å²) >= 11 is 1.14. The van der Waals surface area contributed by atoms with Crippen LogP contribution in [0.4, 0.5) is 5.69 Å². The number of nitriles is 1. The third-order valence-corrected chi connectivity index (χ3v) is 4.35. The first kappa shape index (κ1) is 15.4. The van der Waals surface area contributed by atoms with E-state index in [1.165, 1.54) is 6.07 Å². The second-order valence-corrected chi connectivity index (χ2v) is 5.50. The van der Waals surface area contributed by atoms with Crippen LogP contribution >= 0.6 is 11.8 Å². The van der Waals surface area contributed by atoms with Crippen LogP contribution in [0.3, 0.4) is 0 Å². The Bertz CT molecular complexity index is 604. The Morgan fingerprint density at radius 1 is 1.43 bits per heavy atom. The third-order valence-electron chi connectivity index (χ3n) is 3.19. The molecule has 0 saturated carbocycles. The molecule has 1 aromatic carbocycles. The highest BCUT2D eigenvalue weighted by Crippen LogP contribution is 2.35. The minimum atomic E-state index is -0.429. The number of benzene rings is 1. The number of rotatable bonds is 4. The molecule has 1 aliphatic heterocycles. The number of ether oxygens (including phenoxy) is 1. The summed E-state index contributed by atoms with van der Waals surface area (Å²) in [6, 6.07) is 8.60. The molecule has 1 saturated heterocycles. The van der Waals surface area contributed by atoms with Crippen LogP contribution in [0.15, 0.2) is 39.8 Å². The number of allylic oxidation sites excluding steroid dienone is 2. The molecule has 6 nitrogen and oxygen atoms in total. The van der Waals surface area contributed by atoms with E-state index in [4.69, 9.17) is 4.74 Å². The van der Waals surface area contributed by atoms with Crippen LogP contribution < -0.4 is 0 Å². The average Bonchev–Trinajstić information content (AvgIpc) is 2.53. The van der Waals surface area contributed by atoms with Crippen molar-refractivity contribution < 1.29 is 9.66 Å². The quantitative estimate of drug-likeness (QED) is 0.368. The molecule has 0 spiro atoms. The van der Waals surface area contributed by atoms with E-state index in [0.29, 0.717) is 23.0 Å². The third kappa shape index (κ3) is 3.74. The highest BCUT2D eigenvalue weighted by Gasteiger charge is 2.19. The zero-order valence-corrected chi connectivity index (χ0v) is 12.4. The second kappa shape index (κ2) is 7.11. The Hall–Kier alpha value is -2.04. The Balaban J connectivity index is 2.27. The summed E-state index contributed by atoms with van der Waals surface area (Å²) in [5.41, 5.74) is 0.856. The van der Waals surface area contributed by atoms with E-state index in [2.05, 4.69) is 11.0 Å². The average molecular weight is 305 g/mol. The van der Waals surface area contributed by atoms with E-state index in [1.807, 2.05) is 6.92 Å². The van der Waals surface area contributed by atoms with Crippen molar-refractivity contribution in [2.24, 2.45) is 0 Å². The van der Waals surface area contributed by atoms with Crippen LogP contribution in [0.2, 0.25) is 0 Å². The van der Waals surface area contributed by atoms with Crippen molar-refractivity contribution in [2.75, 3.05) is 26.3 Å². The summed E-state index contributed by atoms with van der Waals surface area (Å²) < 4.78 is 5.29. The van der Waals surface area contributed by atoms with Crippen molar-refractivity contribution in [3.05, 3.63) is 45.0 Å². The molecule has 0 aromatic heterocycles. The van der Waals surface area contributed by atoms with Gasteiger partial charge in [-0.25, -0.2) is 0 Å². The number of para-hydroxylation sites is 1. The van der Waals surface area contributed by atoms with Crippen LogP contribution in [0.1, 0.15) is 6.92 Å². The van der Waals surface area contributed by atoms with Gasteiger partial charge in [-0.2, -0.15) is 5.26 Å². The van der Waals surface area contributed by atoms with Gasteiger partial charge in [0.15, 0.2) is 0 Å². The van der Waals surface area contributed by atoms with Gasteiger partial charge >= 0.3 is 0 Å². The molecule has 0 aliphatic carbocycles. The minimum Gasteiger partial charge on any atom is -0.378 e. The number of hydrogen-bond acceptors (Lipinski definition) is 6. The Morgan fingerprint density at radius 2 is 2.10 bits per heavy atom. The van der Waals surface area contributed by atoms with Gasteiger partial charge in [-0.05, 0) is 13.0 Å². The fourth-order valence-corrected chi connectivity index (χ4v) is 2.96. The van der Waals surface area contributed by atoms with Gasteiger partial charge in [-0.15, -0.1) is 0 Å². The van der Waals surface area contributed by atoms with Gasteiger partial charge in [-0.1, -0.05) is 23.9 Å². The van der Waals surface area contributed by atoms with E-state index < -0.39 is 4.92 Å². The van der Waals surface area contributed by atoms with E-state index in [0.717, 1.165) is 30.5 Å². The molecule has 110 valence electrons. The van der Waals surface area contributed by atoms with Gasteiger partial charge in [0.1, 0.15) is 11.0 Å². The van der Waals surface area contributed by atoms with Crippen molar-refractivity contribution in [1.29, 1.82) is 5.26 Å². The number of thioether (sulfide) groups is 1. The van der Waals surface area contributed by atoms with Crippen LogP contribution in [0.25, 0.3) is 0 Å². The van der Waals surface area contributed by atoms with E-state index >= 15 is 0 Å². The molecule has 1 fully saturated rings. The summed E-state index contributed by atoms with van der Waals surface area (Å²) in [5, 5.41) is 20.4. The summed E-state index contributed by atoms with van der Waals surface area (Å²) in [6.07, 6.45) is 0. The van der Waals surface area contributed by atoms with Crippen molar-refractivity contribution in [3.8, 4) is 6.07 Å². The molecule has 2 rings (SSSR count). The van der Waals surface area contributed by atoms with Crippen LogP contribution in [-0.4, -0.2) is 36.1 Å². The number of nitro groups is 1. The lowest BCUT2D eigenvalue weighted by molar-refractivity contribution is -0.387. The van der Waals surface area contributed by atoms with Gasteiger partial charge in [0, 0.05) is 24.9 Å². The van der Waals surface area contributed by atoms with Gasteiger partial charge in [0.05, 0.1) is 23.0 Å². The van der Waals surface area contributed by atoms with Crippen LogP contribution in [-0.2, 0) is 4.74 Å². The normalized spacial score (nSPS) is 16.1. The highest BCUT2D eigenvalue weighted by atomic mass is 32.2. The lowest BCUT2D eigenvalue weighted by Crippen LogP contribution is -2.35. The largest absolute Gasteiger partial charge is 0.378 e. The fraction of sp³-hybridized carbons (Fsp3) is 0.357. The molecule has 21 heavy (non-hydrogen) atoms. The molecule has 0 N–H and O–H groups in total. The lowest BCUT2D eigenvalue weighted by Gasteiger charge is -2.29. The summed E-state index contributed by atoms with van der Waals surface area (Å²) in [6.45, 7) is 4.59. The summed E-state index contributed by atoms with van der Waals surface area (Å²) in [5.74, 6) is 0. The predicted molar refractivity (Wildman–Crippen MR) is 79.7 cm³/mol. The standard InChI is InChI=1S/C14H15N3O3S/c1-11(16-6-8-20-9-7-16)14(10-15)21-13-5-3-2-4-12(13)17(18)19/h2-5H,6-9H2,1H3/b14-11-. The summed E-state index contributed by atoms with van der Waals surface area (Å²) in [7, 11) is 0. The molecule has 0 unspecified atom stereocenters. The molecule has 0 radical (unpaired) electrons. The number of nitrogens with zero attached hydrogens (tertiary/aromatic N) is 3. The van der Waals surface area contributed by atoms with E-state index in [9.17, 15) is 15.4 Å². The van der Waals surface area contributed by atoms with E-state index in [1.54, 1.807) is 18.2 Å². The number of hydrogen-bond donors (Lipinski definition) is 0. The maximum atomic E-state index is 11.0. The molecule has 1 heterocycles. The SMILES string of the molecule is C/C(=C(\C#N)Sc1ccccc1[N+](=O)[O-])N1CCOCC1. The molecule has 7 heteroatoms. The van der Waals surface area contributed by atoms with Crippen LogP contribution in [0, 0.1) is 21.4 Å². The molecule has 1 aromatic rings. The van der Waals surface area contributed by atoms with Gasteiger partial charge in [0.2, 0.25) is 0 Å². The molecule has 0 atom stereocenters. The van der Waals surface area contributed by atoms with Crippen molar-refractivity contribution in [3.63, 3.8) is 0 Å². The van der Waals surface area contributed by atoms with Crippen molar-refractivity contribution in [2.45, 2.75) is 11.8 Å². The summed E-state index contributed by atoms with van der Waals surface area (Å²) in [4.78, 5) is 13.6. The molecular formula is C14H15N3O3S. The van der Waals surface area contributed by atoms with Crippen LogP contribution in [0.5, 0.6) is 0 Å². The maximum absolute atomic E-state index is 11.0. The van der Waals surface area contributed by atoms with Crippen molar-refractivity contribution >= 4 is 17.4 Å². The second-order valence-electron chi connectivity index (χ2n) is 4.45. The zero-order valence-electron chi connectivity index (χ0n) is 11.6. The first-order valence-corrected chi connectivity index (χ1v) is 7.30. The predicted octanol–water partition coefficient (Wildman–Crippen LogP) is 2.77. The number of morpholine rings is 1. The lowest BCUT2D eigenvalue weighted by atomic mass is 10.3. The molecular weight excluding hydrogens is 290 g/mol. The van der Waals surface area contributed by atoms with Gasteiger partial charge in [-0.3, -0.25) is 10.1 Å². The maximum Gasteiger partial charge on any atom is 0.283 e. The fourth-order valence-electron chi connectivity index (χ4n) is 2.02. The first-order valence-electron chi connectivity index (χ1n) is 6.48. The first-order chi connectivity index (χ1) is 10.1. The zero-order chi connectivity index (χ0) is 15.2. The van der Waals surface area contributed by atoms with E-state index in [-0.39, 0.29) is 5.69 Å². The van der Waals surface area contributed by atoms with Gasteiger partial charge < -0.3 is 9.64 Å². The topological polar surface area (TPSA) is 79.4 Å². The molecule has 0 bridgehead atoms. The number of nitro benzene ring substituents is 1. The monoisotopic (exact) mass is 305 g/mol.